The predicted octanol–water partition coefficient (Wildman–Crippen LogP) is 3.91. The summed E-state index contributed by atoms with van der Waals surface area (Å²) in [6.45, 7) is 3.94. The lowest BCUT2D eigenvalue weighted by Crippen LogP contribution is -2.13. The average Bonchev–Trinajstić information content (AvgIpc) is 2.95. The standard InChI is InChI=1S/C18H17BrN4O2/c1-11-8-12(2)23(22-11)14-6-4-13(5-7-14)18(24)21-17-9-16(25-3)15(19)10-20-17/h4-10H,1-3H3,(H,20,21,24). The minimum atomic E-state index is -0.239. The topological polar surface area (TPSA) is 69.0 Å². The maximum absolute atomic E-state index is 12.4. The monoisotopic (exact) mass is 400 g/mol. The number of halogens is 1. The van der Waals surface area contributed by atoms with Crippen LogP contribution < -0.4 is 10.1 Å². The Balaban J connectivity index is 1.78. The fourth-order valence-corrected chi connectivity index (χ4v) is 2.86. The van der Waals surface area contributed by atoms with Crippen LogP contribution in [0.1, 0.15) is 21.7 Å². The second kappa shape index (κ2) is 7.06. The van der Waals surface area contributed by atoms with Crippen molar-refractivity contribution in [3.8, 4) is 11.4 Å². The molecule has 0 unspecified atom stereocenters. The van der Waals surface area contributed by atoms with Crippen LogP contribution in [0, 0.1) is 13.8 Å². The maximum Gasteiger partial charge on any atom is 0.256 e. The molecule has 1 aromatic carbocycles. The van der Waals surface area contributed by atoms with Gasteiger partial charge in [-0.25, -0.2) is 9.67 Å². The summed E-state index contributed by atoms with van der Waals surface area (Å²) in [4.78, 5) is 16.6. The molecule has 25 heavy (non-hydrogen) atoms. The summed E-state index contributed by atoms with van der Waals surface area (Å²) in [6.07, 6.45) is 1.58. The van der Waals surface area contributed by atoms with Crippen molar-refractivity contribution in [1.29, 1.82) is 0 Å². The van der Waals surface area contributed by atoms with Gasteiger partial charge in [0.1, 0.15) is 11.6 Å². The summed E-state index contributed by atoms with van der Waals surface area (Å²) in [6, 6.07) is 10.9. The first kappa shape index (κ1) is 17.2. The van der Waals surface area contributed by atoms with E-state index in [0.29, 0.717) is 17.1 Å². The van der Waals surface area contributed by atoms with Crippen molar-refractivity contribution in [2.75, 3.05) is 12.4 Å². The molecule has 2 heterocycles. The zero-order chi connectivity index (χ0) is 18.0. The van der Waals surface area contributed by atoms with Crippen molar-refractivity contribution < 1.29 is 9.53 Å². The number of methoxy groups -OCH3 is 1. The summed E-state index contributed by atoms with van der Waals surface area (Å²) in [5.74, 6) is 0.787. The Morgan fingerprint density at radius 2 is 1.92 bits per heavy atom. The fraction of sp³-hybridized carbons (Fsp3) is 0.167. The highest BCUT2D eigenvalue weighted by Crippen LogP contribution is 2.26. The van der Waals surface area contributed by atoms with Gasteiger partial charge in [-0.2, -0.15) is 5.10 Å². The lowest BCUT2D eigenvalue weighted by atomic mass is 10.2. The van der Waals surface area contributed by atoms with Gasteiger partial charge in [-0.05, 0) is 60.1 Å². The van der Waals surface area contributed by atoms with Crippen LogP contribution in [0.3, 0.4) is 0 Å². The van der Waals surface area contributed by atoms with Crippen LogP contribution in [-0.2, 0) is 0 Å². The van der Waals surface area contributed by atoms with Crippen molar-refractivity contribution in [2.24, 2.45) is 0 Å². The molecule has 0 aliphatic carbocycles. The number of ether oxygens (including phenoxy) is 1. The van der Waals surface area contributed by atoms with E-state index in [1.165, 1.54) is 0 Å². The summed E-state index contributed by atoms with van der Waals surface area (Å²) < 4.78 is 7.77. The van der Waals surface area contributed by atoms with Crippen LogP contribution >= 0.6 is 15.9 Å². The Morgan fingerprint density at radius 1 is 1.20 bits per heavy atom. The van der Waals surface area contributed by atoms with Crippen LogP contribution in [0.4, 0.5) is 5.82 Å². The third kappa shape index (κ3) is 3.71. The Bertz CT molecular complexity index is 919. The normalized spacial score (nSPS) is 10.6. The lowest BCUT2D eigenvalue weighted by Gasteiger charge is -2.09. The molecular weight excluding hydrogens is 384 g/mol. The van der Waals surface area contributed by atoms with Crippen LogP contribution in [-0.4, -0.2) is 27.8 Å². The van der Waals surface area contributed by atoms with Crippen molar-refractivity contribution in [1.82, 2.24) is 14.8 Å². The van der Waals surface area contributed by atoms with Gasteiger partial charge in [-0.1, -0.05) is 0 Å². The molecule has 7 heteroatoms. The highest BCUT2D eigenvalue weighted by Gasteiger charge is 2.10. The predicted molar refractivity (Wildman–Crippen MR) is 99.5 cm³/mol. The number of amides is 1. The first-order valence-corrected chi connectivity index (χ1v) is 8.42. The van der Waals surface area contributed by atoms with Crippen molar-refractivity contribution in [3.63, 3.8) is 0 Å². The van der Waals surface area contributed by atoms with Crippen LogP contribution in [0.25, 0.3) is 5.69 Å². The summed E-state index contributed by atoms with van der Waals surface area (Å²) >= 11 is 3.33. The van der Waals surface area contributed by atoms with E-state index in [0.717, 1.165) is 21.5 Å². The van der Waals surface area contributed by atoms with E-state index in [1.807, 2.05) is 36.7 Å². The van der Waals surface area contributed by atoms with E-state index in [4.69, 9.17) is 4.74 Å². The number of carbonyl (C=O) groups is 1. The highest BCUT2D eigenvalue weighted by atomic mass is 79.9. The molecule has 0 aliphatic heterocycles. The van der Waals surface area contributed by atoms with Gasteiger partial charge in [0.2, 0.25) is 0 Å². The number of benzene rings is 1. The number of hydrogen-bond acceptors (Lipinski definition) is 4. The Morgan fingerprint density at radius 3 is 2.52 bits per heavy atom. The molecule has 0 spiro atoms. The molecule has 0 radical (unpaired) electrons. The van der Waals surface area contributed by atoms with Gasteiger partial charge < -0.3 is 10.1 Å². The molecule has 1 amide bonds. The van der Waals surface area contributed by atoms with Crippen molar-refractivity contribution in [3.05, 3.63) is 64.0 Å². The molecule has 6 nitrogen and oxygen atoms in total. The van der Waals surface area contributed by atoms with Gasteiger partial charge in [-0.3, -0.25) is 4.79 Å². The van der Waals surface area contributed by atoms with E-state index >= 15 is 0 Å². The number of nitrogens with zero attached hydrogens (tertiary/aromatic N) is 3. The van der Waals surface area contributed by atoms with Gasteiger partial charge in [0.25, 0.3) is 5.91 Å². The number of carbonyl (C=O) groups excluding carboxylic acids is 1. The molecule has 1 N–H and O–H groups in total. The van der Waals surface area contributed by atoms with Crippen molar-refractivity contribution in [2.45, 2.75) is 13.8 Å². The average molecular weight is 401 g/mol. The second-order valence-electron chi connectivity index (χ2n) is 5.54. The first-order chi connectivity index (χ1) is 12.0. The third-order valence-corrected chi connectivity index (χ3v) is 4.26. The zero-order valence-corrected chi connectivity index (χ0v) is 15.7. The quantitative estimate of drug-likeness (QED) is 0.720. The van der Waals surface area contributed by atoms with Gasteiger partial charge >= 0.3 is 0 Å². The first-order valence-electron chi connectivity index (χ1n) is 7.62. The Kier molecular flexibility index (Phi) is 4.85. The van der Waals surface area contributed by atoms with Crippen LogP contribution in [0.2, 0.25) is 0 Å². The van der Waals surface area contributed by atoms with E-state index in [9.17, 15) is 4.79 Å². The largest absolute Gasteiger partial charge is 0.495 e. The number of hydrogen-bond donors (Lipinski definition) is 1. The van der Waals surface area contributed by atoms with E-state index in [2.05, 4.69) is 31.3 Å². The molecule has 3 rings (SSSR count). The smallest absolute Gasteiger partial charge is 0.256 e. The minimum Gasteiger partial charge on any atom is -0.495 e. The fourth-order valence-electron chi connectivity index (χ4n) is 2.48. The number of aromatic nitrogens is 3. The Labute approximate surface area is 154 Å². The molecule has 0 bridgehead atoms. The van der Waals surface area contributed by atoms with E-state index in [1.54, 1.807) is 31.5 Å². The zero-order valence-electron chi connectivity index (χ0n) is 14.1. The number of nitrogens with one attached hydrogen (secondary N) is 1. The molecule has 2 aromatic heterocycles. The van der Waals surface area contributed by atoms with Crippen LogP contribution in [0.15, 0.2) is 47.1 Å². The SMILES string of the molecule is COc1cc(NC(=O)c2ccc(-n3nc(C)cc3C)cc2)ncc1Br. The summed E-state index contributed by atoms with van der Waals surface area (Å²) in [5.41, 5.74) is 3.44. The van der Waals surface area contributed by atoms with Gasteiger partial charge in [0.05, 0.1) is 23.0 Å². The molecule has 3 aromatic rings. The Hall–Kier alpha value is -2.67. The molecule has 0 atom stereocenters. The number of anilines is 1. The van der Waals surface area contributed by atoms with Gasteiger partial charge in [0, 0.05) is 23.5 Å². The van der Waals surface area contributed by atoms with Gasteiger partial charge in [0.15, 0.2) is 0 Å². The molecule has 0 saturated heterocycles. The third-order valence-electron chi connectivity index (χ3n) is 3.67. The summed E-state index contributed by atoms with van der Waals surface area (Å²) in [5, 5.41) is 7.20. The highest BCUT2D eigenvalue weighted by molar-refractivity contribution is 9.10. The molecular formula is C18H17BrN4O2. The number of pyridine rings is 1. The van der Waals surface area contributed by atoms with E-state index < -0.39 is 0 Å². The summed E-state index contributed by atoms with van der Waals surface area (Å²) in [7, 11) is 1.56. The minimum absolute atomic E-state index is 0.239. The van der Waals surface area contributed by atoms with Crippen molar-refractivity contribution >= 4 is 27.7 Å². The van der Waals surface area contributed by atoms with Gasteiger partial charge in [-0.15, -0.1) is 0 Å². The second-order valence-corrected chi connectivity index (χ2v) is 6.40. The molecule has 0 aliphatic rings. The number of aryl methyl sites for hydroxylation is 2. The maximum atomic E-state index is 12.4. The lowest BCUT2D eigenvalue weighted by molar-refractivity contribution is 0.102. The van der Waals surface area contributed by atoms with Crippen LogP contribution in [0.5, 0.6) is 5.75 Å². The van der Waals surface area contributed by atoms with E-state index in [-0.39, 0.29) is 5.91 Å². The number of rotatable bonds is 4. The molecule has 0 saturated carbocycles. The molecule has 0 fully saturated rings. The molecule has 128 valence electrons.